The van der Waals surface area contributed by atoms with E-state index in [0.717, 1.165) is 26.1 Å². The molecule has 2 fully saturated rings. The van der Waals surface area contributed by atoms with Crippen molar-refractivity contribution < 1.29 is 14.3 Å². The Labute approximate surface area is 109 Å². The van der Waals surface area contributed by atoms with Crippen LogP contribution in [0, 0.1) is 5.92 Å². The monoisotopic (exact) mass is 256 g/mol. The summed E-state index contributed by atoms with van der Waals surface area (Å²) < 4.78 is 10.9. The highest BCUT2D eigenvalue weighted by atomic mass is 16.5. The fourth-order valence-electron chi connectivity index (χ4n) is 2.85. The van der Waals surface area contributed by atoms with E-state index >= 15 is 0 Å². The Balaban J connectivity index is 1.92. The van der Waals surface area contributed by atoms with E-state index in [4.69, 9.17) is 15.2 Å². The van der Waals surface area contributed by atoms with Gasteiger partial charge in [-0.05, 0) is 32.6 Å². The summed E-state index contributed by atoms with van der Waals surface area (Å²) in [7, 11) is 0. The van der Waals surface area contributed by atoms with E-state index in [9.17, 15) is 4.79 Å². The molecule has 2 heterocycles. The first-order valence-electron chi connectivity index (χ1n) is 6.85. The van der Waals surface area contributed by atoms with Crippen molar-refractivity contribution in [2.75, 3.05) is 26.3 Å². The molecule has 1 amide bonds. The van der Waals surface area contributed by atoms with E-state index < -0.39 is 0 Å². The highest BCUT2D eigenvalue weighted by molar-refractivity contribution is 5.82. The Morgan fingerprint density at radius 3 is 2.33 bits per heavy atom. The zero-order valence-corrected chi connectivity index (χ0v) is 11.3. The van der Waals surface area contributed by atoms with E-state index in [1.165, 1.54) is 0 Å². The first-order chi connectivity index (χ1) is 8.58. The number of morpholine rings is 1. The molecule has 2 rings (SSSR count). The quantitative estimate of drug-likeness (QED) is 0.775. The molecule has 0 aliphatic carbocycles. The third-order valence-corrected chi connectivity index (χ3v) is 3.79. The summed E-state index contributed by atoms with van der Waals surface area (Å²) in [6.45, 7) is 6.75. The molecule has 0 saturated carbocycles. The molecule has 2 saturated heterocycles. The van der Waals surface area contributed by atoms with Crippen molar-refractivity contribution in [2.45, 2.75) is 44.9 Å². The molecule has 0 aromatic rings. The first kappa shape index (κ1) is 13.8. The molecule has 2 N–H and O–H groups in total. The van der Waals surface area contributed by atoms with Crippen LogP contribution < -0.4 is 5.73 Å². The van der Waals surface area contributed by atoms with Crippen molar-refractivity contribution in [3.8, 4) is 0 Å². The fraction of sp³-hybridized carbons (Fsp3) is 0.923. The molecule has 18 heavy (non-hydrogen) atoms. The van der Waals surface area contributed by atoms with Gasteiger partial charge in [-0.1, -0.05) is 0 Å². The van der Waals surface area contributed by atoms with Gasteiger partial charge in [-0.2, -0.15) is 0 Å². The van der Waals surface area contributed by atoms with Crippen LogP contribution in [0.15, 0.2) is 0 Å². The Kier molecular flexibility index (Phi) is 4.59. The third-order valence-electron chi connectivity index (χ3n) is 3.79. The number of nitrogens with zero attached hydrogens (tertiary/aromatic N) is 1. The molecule has 3 unspecified atom stereocenters. The second kappa shape index (κ2) is 5.99. The number of hydrogen-bond donors (Lipinski definition) is 1. The van der Waals surface area contributed by atoms with Crippen LogP contribution in [-0.4, -0.2) is 55.4 Å². The summed E-state index contributed by atoms with van der Waals surface area (Å²) >= 11 is 0. The lowest BCUT2D eigenvalue weighted by molar-refractivity contribution is -0.146. The van der Waals surface area contributed by atoms with Gasteiger partial charge in [-0.25, -0.2) is 0 Å². The largest absolute Gasteiger partial charge is 0.381 e. The lowest BCUT2D eigenvalue weighted by Crippen LogP contribution is -2.55. The van der Waals surface area contributed by atoms with Gasteiger partial charge in [0, 0.05) is 26.3 Å². The van der Waals surface area contributed by atoms with Gasteiger partial charge in [-0.15, -0.1) is 0 Å². The second-order valence-electron chi connectivity index (χ2n) is 5.48. The van der Waals surface area contributed by atoms with E-state index in [1.807, 2.05) is 18.7 Å². The van der Waals surface area contributed by atoms with Crippen LogP contribution >= 0.6 is 0 Å². The van der Waals surface area contributed by atoms with Crippen molar-refractivity contribution in [1.82, 2.24) is 4.90 Å². The molecule has 104 valence electrons. The molecule has 3 atom stereocenters. The highest BCUT2D eigenvalue weighted by Gasteiger charge is 2.33. The topological polar surface area (TPSA) is 64.8 Å². The maximum atomic E-state index is 12.4. The van der Waals surface area contributed by atoms with Gasteiger partial charge >= 0.3 is 0 Å². The number of ether oxygens (including phenoxy) is 2. The van der Waals surface area contributed by atoms with Gasteiger partial charge < -0.3 is 20.1 Å². The summed E-state index contributed by atoms with van der Waals surface area (Å²) in [5.74, 6) is 0.337. The van der Waals surface area contributed by atoms with Crippen molar-refractivity contribution in [2.24, 2.45) is 11.7 Å². The van der Waals surface area contributed by atoms with Gasteiger partial charge in [0.25, 0.3) is 0 Å². The van der Waals surface area contributed by atoms with E-state index in [-0.39, 0.29) is 30.1 Å². The molecular formula is C13H24N2O3. The zero-order valence-electron chi connectivity index (χ0n) is 11.3. The number of rotatable bonds is 2. The minimum absolute atomic E-state index is 0.0731. The lowest BCUT2D eigenvalue weighted by Gasteiger charge is -2.38. The predicted octanol–water partition coefficient (Wildman–Crippen LogP) is 0.376. The molecule has 0 bridgehead atoms. The maximum Gasteiger partial charge on any atom is 0.239 e. The Bertz CT molecular complexity index is 282. The molecule has 2 aliphatic heterocycles. The van der Waals surface area contributed by atoms with Crippen LogP contribution in [-0.2, 0) is 14.3 Å². The average Bonchev–Trinajstić information content (AvgIpc) is 2.37. The molecule has 0 radical (unpaired) electrons. The van der Waals surface area contributed by atoms with E-state index in [0.29, 0.717) is 13.1 Å². The fourth-order valence-corrected chi connectivity index (χ4v) is 2.85. The second-order valence-corrected chi connectivity index (χ2v) is 5.48. The van der Waals surface area contributed by atoms with Crippen LogP contribution in [0.3, 0.4) is 0 Å². The SMILES string of the molecule is CC1CN(C(=O)C(N)C2CCOCC2)CC(C)O1. The van der Waals surface area contributed by atoms with Crippen LogP contribution in [0.25, 0.3) is 0 Å². The van der Waals surface area contributed by atoms with E-state index in [1.54, 1.807) is 0 Å². The minimum atomic E-state index is -0.383. The summed E-state index contributed by atoms with van der Waals surface area (Å²) in [5, 5.41) is 0. The average molecular weight is 256 g/mol. The number of carbonyl (C=O) groups excluding carboxylic acids is 1. The summed E-state index contributed by atoms with van der Waals surface area (Å²) in [6, 6.07) is -0.383. The smallest absolute Gasteiger partial charge is 0.239 e. The molecule has 5 nitrogen and oxygen atoms in total. The Hall–Kier alpha value is -0.650. The Morgan fingerprint density at radius 1 is 1.22 bits per heavy atom. The standard InChI is InChI=1S/C13H24N2O3/c1-9-7-15(8-10(2)18-9)13(16)12(14)11-3-5-17-6-4-11/h9-12H,3-8,14H2,1-2H3. The summed E-state index contributed by atoms with van der Waals surface area (Å²) in [4.78, 5) is 14.3. The number of carbonyl (C=O) groups is 1. The van der Waals surface area contributed by atoms with Crippen LogP contribution in [0.1, 0.15) is 26.7 Å². The van der Waals surface area contributed by atoms with Gasteiger partial charge in [0.2, 0.25) is 5.91 Å². The normalized spacial score (nSPS) is 32.3. The van der Waals surface area contributed by atoms with Crippen molar-refractivity contribution >= 4 is 5.91 Å². The molecule has 0 aromatic heterocycles. The highest BCUT2D eigenvalue weighted by Crippen LogP contribution is 2.20. The summed E-state index contributed by atoms with van der Waals surface area (Å²) in [6.07, 6.45) is 1.98. The van der Waals surface area contributed by atoms with Crippen LogP contribution in [0.4, 0.5) is 0 Å². The van der Waals surface area contributed by atoms with Gasteiger partial charge in [0.05, 0.1) is 18.2 Å². The molecule has 0 spiro atoms. The minimum Gasteiger partial charge on any atom is -0.381 e. The van der Waals surface area contributed by atoms with Crippen LogP contribution in [0.2, 0.25) is 0 Å². The zero-order chi connectivity index (χ0) is 13.1. The van der Waals surface area contributed by atoms with Crippen LogP contribution in [0.5, 0.6) is 0 Å². The number of amides is 1. The lowest BCUT2D eigenvalue weighted by atomic mass is 9.91. The molecule has 2 aliphatic rings. The van der Waals surface area contributed by atoms with Crippen molar-refractivity contribution in [1.29, 1.82) is 0 Å². The Morgan fingerprint density at radius 2 is 1.78 bits per heavy atom. The van der Waals surface area contributed by atoms with Crippen molar-refractivity contribution in [3.05, 3.63) is 0 Å². The first-order valence-corrected chi connectivity index (χ1v) is 6.85. The third kappa shape index (κ3) is 3.22. The van der Waals surface area contributed by atoms with Gasteiger partial charge in [0.15, 0.2) is 0 Å². The predicted molar refractivity (Wildman–Crippen MR) is 68.1 cm³/mol. The van der Waals surface area contributed by atoms with Gasteiger partial charge in [-0.3, -0.25) is 4.79 Å². The number of nitrogens with two attached hydrogens (primary N) is 1. The molecule has 5 heteroatoms. The maximum absolute atomic E-state index is 12.4. The van der Waals surface area contributed by atoms with Gasteiger partial charge in [0.1, 0.15) is 0 Å². The van der Waals surface area contributed by atoms with E-state index in [2.05, 4.69) is 0 Å². The van der Waals surface area contributed by atoms with Crippen molar-refractivity contribution in [3.63, 3.8) is 0 Å². The molecular weight excluding hydrogens is 232 g/mol. The summed E-state index contributed by atoms with van der Waals surface area (Å²) in [5.41, 5.74) is 6.13. The number of hydrogen-bond acceptors (Lipinski definition) is 4. The molecule has 0 aromatic carbocycles.